The summed E-state index contributed by atoms with van der Waals surface area (Å²) in [4.78, 5) is 7.86. The molecule has 3 aromatic rings. The number of nitrogens with one attached hydrogen (secondary N) is 1. The van der Waals surface area contributed by atoms with Crippen LogP contribution in [0.4, 0.5) is 18.9 Å². The largest absolute Gasteiger partial charge is 0.383 e. The van der Waals surface area contributed by atoms with Gasteiger partial charge in [-0.15, -0.1) is 0 Å². The van der Waals surface area contributed by atoms with Crippen molar-refractivity contribution in [2.24, 2.45) is 0 Å². The first-order valence-electron chi connectivity index (χ1n) is 7.61. The van der Waals surface area contributed by atoms with Crippen LogP contribution in [0, 0.1) is 35.7 Å². The molecule has 0 unspecified atom stereocenters. The molecule has 0 amide bonds. The van der Waals surface area contributed by atoms with E-state index in [-0.39, 0.29) is 22.2 Å². The van der Waals surface area contributed by atoms with E-state index < -0.39 is 17.5 Å². The molecule has 0 aliphatic heterocycles. The number of halogens is 3. The lowest BCUT2D eigenvalue weighted by Gasteiger charge is -2.12. The Hall–Kier alpha value is -3.08. The number of imidazole rings is 1. The molecular weight excluding hydrogens is 331 g/mol. The van der Waals surface area contributed by atoms with E-state index in [1.807, 2.05) is 23.8 Å². The molecule has 3 rings (SSSR count). The second kappa shape index (κ2) is 6.81. The van der Waals surface area contributed by atoms with Gasteiger partial charge in [0, 0.05) is 37.1 Å². The maximum atomic E-state index is 13.9. The molecule has 0 aliphatic carbocycles. The lowest BCUT2D eigenvalue weighted by molar-refractivity contribution is 0.452. The minimum atomic E-state index is -1.58. The van der Waals surface area contributed by atoms with Gasteiger partial charge in [-0.3, -0.25) is 4.98 Å². The van der Waals surface area contributed by atoms with E-state index in [0.29, 0.717) is 19.5 Å². The molecule has 0 radical (unpaired) electrons. The summed E-state index contributed by atoms with van der Waals surface area (Å²) >= 11 is 0. The van der Waals surface area contributed by atoms with Gasteiger partial charge in [-0.1, -0.05) is 0 Å². The number of fused-ring (bicyclic) bond motifs is 1. The zero-order valence-electron chi connectivity index (χ0n) is 13.4. The zero-order chi connectivity index (χ0) is 18.0. The summed E-state index contributed by atoms with van der Waals surface area (Å²) in [7, 11) is 0. The van der Waals surface area contributed by atoms with E-state index in [2.05, 4.69) is 15.3 Å². The van der Waals surface area contributed by atoms with E-state index in [1.165, 1.54) is 0 Å². The Balaban J connectivity index is 1.86. The predicted molar refractivity (Wildman–Crippen MR) is 86.4 cm³/mol. The van der Waals surface area contributed by atoms with Gasteiger partial charge in [-0.05, 0) is 19.4 Å². The topological polar surface area (TPSA) is 66.5 Å². The van der Waals surface area contributed by atoms with E-state index in [0.717, 1.165) is 18.1 Å². The third kappa shape index (κ3) is 3.13. The number of pyridine rings is 1. The summed E-state index contributed by atoms with van der Waals surface area (Å²) in [6, 6.07) is 2.78. The first-order valence-corrected chi connectivity index (χ1v) is 7.61. The van der Waals surface area contributed by atoms with Crippen molar-refractivity contribution in [1.82, 2.24) is 14.5 Å². The van der Waals surface area contributed by atoms with Crippen LogP contribution in [0.3, 0.4) is 0 Å². The third-order valence-corrected chi connectivity index (χ3v) is 3.92. The highest BCUT2D eigenvalue weighted by molar-refractivity contribution is 5.94. The van der Waals surface area contributed by atoms with Crippen LogP contribution in [0.15, 0.2) is 24.7 Å². The number of anilines is 1. The monoisotopic (exact) mass is 345 g/mol. The van der Waals surface area contributed by atoms with Crippen molar-refractivity contribution in [3.05, 3.63) is 53.5 Å². The summed E-state index contributed by atoms with van der Waals surface area (Å²) in [6.07, 6.45) is 5.39. The van der Waals surface area contributed by atoms with Crippen LogP contribution in [-0.4, -0.2) is 21.1 Å². The average Bonchev–Trinajstić information content (AvgIpc) is 3.01. The number of nitrogens with zero attached hydrogens (tertiary/aromatic N) is 4. The highest BCUT2D eigenvalue weighted by Gasteiger charge is 2.18. The van der Waals surface area contributed by atoms with Crippen molar-refractivity contribution in [2.75, 3.05) is 11.9 Å². The van der Waals surface area contributed by atoms with E-state index in [4.69, 9.17) is 0 Å². The molecule has 0 aliphatic rings. The van der Waals surface area contributed by atoms with Crippen molar-refractivity contribution in [1.29, 1.82) is 5.26 Å². The molecule has 8 heteroatoms. The van der Waals surface area contributed by atoms with Crippen LogP contribution < -0.4 is 5.32 Å². The number of aromatic nitrogens is 3. The normalized spacial score (nSPS) is 10.8. The van der Waals surface area contributed by atoms with Crippen LogP contribution in [0.2, 0.25) is 0 Å². The van der Waals surface area contributed by atoms with Crippen LogP contribution in [0.1, 0.15) is 17.8 Å². The summed E-state index contributed by atoms with van der Waals surface area (Å²) in [5.74, 6) is -3.38. The standard InChI is InChI=1S/C17H14F3N5/c1-10-22-4-6-25(10)5-2-3-23-16-11(8-21)9-24-17-12(16)7-13(18)14(19)15(17)20/h4,6-7,9H,2-3,5H2,1H3,(H,23,24). The van der Waals surface area contributed by atoms with Crippen molar-refractivity contribution >= 4 is 16.6 Å². The van der Waals surface area contributed by atoms with Crippen LogP contribution >= 0.6 is 0 Å². The number of benzene rings is 1. The molecule has 0 bridgehead atoms. The molecular formula is C17H14F3N5. The SMILES string of the molecule is Cc1nccn1CCCNc1c(C#N)cnc2c(F)c(F)c(F)cc12. The summed E-state index contributed by atoms with van der Waals surface area (Å²) in [6.45, 7) is 3.03. The maximum absolute atomic E-state index is 13.9. The quantitative estimate of drug-likeness (QED) is 0.567. The van der Waals surface area contributed by atoms with Crippen molar-refractivity contribution in [3.8, 4) is 6.07 Å². The van der Waals surface area contributed by atoms with Crippen LogP contribution in [0.5, 0.6) is 0 Å². The van der Waals surface area contributed by atoms with Gasteiger partial charge in [0.15, 0.2) is 17.5 Å². The van der Waals surface area contributed by atoms with Crippen molar-refractivity contribution < 1.29 is 13.2 Å². The smallest absolute Gasteiger partial charge is 0.196 e. The second-order valence-electron chi connectivity index (χ2n) is 5.49. The van der Waals surface area contributed by atoms with Crippen LogP contribution in [0.25, 0.3) is 10.9 Å². The van der Waals surface area contributed by atoms with Gasteiger partial charge in [0.05, 0.1) is 11.3 Å². The van der Waals surface area contributed by atoms with Gasteiger partial charge >= 0.3 is 0 Å². The fraction of sp³-hybridized carbons (Fsp3) is 0.235. The Morgan fingerprint density at radius 2 is 2.04 bits per heavy atom. The minimum Gasteiger partial charge on any atom is -0.383 e. The number of aryl methyl sites for hydroxylation is 2. The van der Waals surface area contributed by atoms with Gasteiger partial charge < -0.3 is 9.88 Å². The Kier molecular flexibility index (Phi) is 4.57. The van der Waals surface area contributed by atoms with E-state index >= 15 is 0 Å². The molecule has 0 saturated carbocycles. The predicted octanol–water partition coefficient (Wildman–Crippen LogP) is 3.53. The van der Waals surface area contributed by atoms with Gasteiger partial charge in [0.2, 0.25) is 0 Å². The van der Waals surface area contributed by atoms with Gasteiger partial charge in [0.1, 0.15) is 17.4 Å². The zero-order valence-corrected chi connectivity index (χ0v) is 13.4. The Morgan fingerprint density at radius 3 is 2.72 bits per heavy atom. The van der Waals surface area contributed by atoms with Crippen molar-refractivity contribution in [3.63, 3.8) is 0 Å². The van der Waals surface area contributed by atoms with Gasteiger partial charge in [-0.25, -0.2) is 18.2 Å². The number of nitriles is 1. The fourth-order valence-corrected chi connectivity index (χ4v) is 2.62. The average molecular weight is 345 g/mol. The maximum Gasteiger partial charge on any atom is 0.196 e. The summed E-state index contributed by atoms with van der Waals surface area (Å²) in [5, 5.41) is 12.3. The van der Waals surface area contributed by atoms with Crippen LogP contribution in [-0.2, 0) is 6.54 Å². The Bertz CT molecular complexity index is 975. The molecule has 0 saturated heterocycles. The van der Waals surface area contributed by atoms with Gasteiger partial charge in [-0.2, -0.15) is 5.26 Å². The first kappa shape index (κ1) is 16.8. The third-order valence-electron chi connectivity index (χ3n) is 3.92. The highest BCUT2D eigenvalue weighted by Crippen LogP contribution is 2.29. The lowest BCUT2D eigenvalue weighted by Crippen LogP contribution is -2.09. The van der Waals surface area contributed by atoms with E-state index in [1.54, 1.807) is 6.20 Å². The van der Waals surface area contributed by atoms with E-state index in [9.17, 15) is 18.4 Å². The second-order valence-corrected chi connectivity index (χ2v) is 5.49. The molecule has 0 fully saturated rings. The fourth-order valence-electron chi connectivity index (χ4n) is 2.62. The molecule has 1 aromatic carbocycles. The summed E-state index contributed by atoms with van der Waals surface area (Å²) < 4.78 is 42.8. The Labute approximate surface area is 141 Å². The molecule has 25 heavy (non-hydrogen) atoms. The molecule has 0 atom stereocenters. The minimum absolute atomic E-state index is 0.0364. The molecule has 0 spiro atoms. The molecule has 2 aromatic heterocycles. The van der Waals surface area contributed by atoms with Gasteiger partial charge in [0.25, 0.3) is 0 Å². The van der Waals surface area contributed by atoms with Crippen molar-refractivity contribution in [2.45, 2.75) is 19.9 Å². The highest BCUT2D eigenvalue weighted by atomic mass is 19.2. The number of hydrogen-bond donors (Lipinski definition) is 1. The molecule has 128 valence electrons. The first-order chi connectivity index (χ1) is 12.0. The summed E-state index contributed by atoms with van der Waals surface area (Å²) in [5.41, 5.74) is 0.0650. The molecule has 2 heterocycles. The number of hydrogen-bond acceptors (Lipinski definition) is 4. The Morgan fingerprint density at radius 1 is 1.24 bits per heavy atom. The molecule has 5 nitrogen and oxygen atoms in total. The molecule has 1 N–H and O–H groups in total. The number of rotatable bonds is 5. The lowest BCUT2D eigenvalue weighted by atomic mass is 10.1.